The summed E-state index contributed by atoms with van der Waals surface area (Å²) in [4.78, 5) is 26.2. The van der Waals surface area contributed by atoms with Crippen molar-refractivity contribution in [1.29, 1.82) is 0 Å². The Balaban J connectivity index is 1.75. The molecule has 3 rings (SSSR count). The molecule has 6 nitrogen and oxygen atoms in total. The van der Waals surface area contributed by atoms with Gasteiger partial charge < -0.3 is 9.64 Å². The molecular formula is C16H18N4O2. The van der Waals surface area contributed by atoms with E-state index in [4.69, 9.17) is 4.74 Å². The van der Waals surface area contributed by atoms with Crippen molar-refractivity contribution in [3.05, 3.63) is 42.6 Å². The predicted molar refractivity (Wildman–Crippen MR) is 80.6 cm³/mol. The zero-order valence-electron chi connectivity index (χ0n) is 12.5. The lowest BCUT2D eigenvalue weighted by Crippen LogP contribution is -2.37. The van der Waals surface area contributed by atoms with Crippen molar-refractivity contribution in [2.24, 2.45) is 0 Å². The van der Waals surface area contributed by atoms with E-state index in [2.05, 4.69) is 15.0 Å². The van der Waals surface area contributed by atoms with Gasteiger partial charge in [-0.25, -0.2) is 4.98 Å². The number of ether oxygens (including phenoxy) is 1. The topological polar surface area (TPSA) is 68.2 Å². The van der Waals surface area contributed by atoms with Crippen LogP contribution in [0.3, 0.4) is 0 Å². The van der Waals surface area contributed by atoms with Crippen LogP contribution in [-0.4, -0.2) is 38.8 Å². The van der Waals surface area contributed by atoms with Gasteiger partial charge in [0.15, 0.2) is 0 Å². The number of amides is 1. The van der Waals surface area contributed by atoms with E-state index in [9.17, 15) is 4.79 Å². The van der Waals surface area contributed by atoms with Crippen LogP contribution in [0.5, 0.6) is 11.6 Å². The van der Waals surface area contributed by atoms with E-state index in [1.165, 1.54) is 0 Å². The van der Waals surface area contributed by atoms with Crippen molar-refractivity contribution in [3.8, 4) is 11.6 Å². The van der Waals surface area contributed by atoms with Gasteiger partial charge in [0.25, 0.3) is 0 Å². The summed E-state index contributed by atoms with van der Waals surface area (Å²) in [6.07, 6.45) is 8.65. The molecule has 1 fully saturated rings. The fourth-order valence-electron chi connectivity index (χ4n) is 2.64. The second-order valence-electron chi connectivity index (χ2n) is 5.38. The van der Waals surface area contributed by atoms with Crippen LogP contribution in [0, 0.1) is 0 Å². The van der Waals surface area contributed by atoms with E-state index in [0.717, 1.165) is 25.1 Å². The molecule has 1 saturated heterocycles. The molecule has 1 atom stereocenters. The van der Waals surface area contributed by atoms with Crippen LogP contribution >= 0.6 is 0 Å². The number of piperidine rings is 1. The van der Waals surface area contributed by atoms with E-state index in [0.29, 0.717) is 18.2 Å². The lowest BCUT2D eigenvalue weighted by molar-refractivity contribution is -0.130. The Kier molecular flexibility index (Phi) is 4.27. The summed E-state index contributed by atoms with van der Waals surface area (Å²) in [6, 6.07) is 3.62. The highest BCUT2D eigenvalue weighted by Gasteiger charge is 2.24. The van der Waals surface area contributed by atoms with Crippen molar-refractivity contribution < 1.29 is 9.53 Å². The molecule has 2 aromatic heterocycles. The molecule has 0 saturated carbocycles. The lowest BCUT2D eigenvalue weighted by atomic mass is 9.95. The number of carbonyl (C=O) groups excluding carboxylic acids is 1. The monoisotopic (exact) mass is 298 g/mol. The van der Waals surface area contributed by atoms with Gasteiger partial charge in [0, 0.05) is 38.3 Å². The Labute approximate surface area is 129 Å². The number of hydrogen-bond acceptors (Lipinski definition) is 5. The molecular weight excluding hydrogens is 280 g/mol. The second kappa shape index (κ2) is 6.51. The van der Waals surface area contributed by atoms with Crippen LogP contribution in [-0.2, 0) is 4.79 Å². The van der Waals surface area contributed by atoms with Crippen molar-refractivity contribution in [2.75, 3.05) is 13.1 Å². The summed E-state index contributed by atoms with van der Waals surface area (Å²) in [5.74, 6) is 1.40. The van der Waals surface area contributed by atoms with Gasteiger partial charge in [-0.05, 0) is 25.0 Å². The van der Waals surface area contributed by atoms with Gasteiger partial charge in [-0.2, -0.15) is 0 Å². The molecule has 1 aliphatic heterocycles. The highest BCUT2D eigenvalue weighted by Crippen LogP contribution is 2.27. The van der Waals surface area contributed by atoms with Crippen molar-refractivity contribution in [2.45, 2.75) is 25.7 Å². The quantitative estimate of drug-likeness (QED) is 0.870. The third-order valence-corrected chi connectivity index (χ3v) is 3.77. The summed E-state index contributed by atoms with van der Waals surface area (Å²) < 4.78 is 5.67. The first kappa shape index (κ1) is 14.4. The van der Waals surface area contributed by atoms with Crippen molar-refractivity contribution >= 4 is 5.91 Å². The molecule has 0 bridgehead atoms. The summed E-state index contributed by atoms with van der Waals surface area (Å²) in [5, 5.41) is 0. The number of pyridine rings is 1. The minimum absolute atomic E-state index is 0.112. The third-order valence-electron chi connectivity index (χ3n) is 3.77. The molecule has 2 aromatic rings. The van der Waals surface area contributed by atoms with Crippen molar-refractivity contribution in [1.82, 2.24) is 19.9 Å². The highest BCUT2D eigenvalue weighted by atomic mass is 16.5. The minimum Gasteiger partial charge on any atom is -0.436 e. The standard InChI is InChI=1S/C16H18N4O2/c1-12(21)20-7-3-4-13(11-20)15-9-18-10-16(19-15)22-14-5-2-6-17-8-14/h2,5-6,8-10,13H,3-4,7,11H2,1H3/t13-/m1/s1. The maximum Gasteiger partial charge on any atom is 0.238 e. The highest BCUT2D eigenvalue weighted by molar-refractivity contribution is 5.73. The first-order valence-electron chi connectivity index (χ1n) is 7.37. The Hall–Kier alpha value is -2.50. The molecule has 0 radical (unpaired) electrons. The molecule has 1 aliphatic rings. The summed E-state index contributed by atoms with van der Waals surface area (Å²) in [7, 11) is 0. The molecule has 0 aliphatic carbocycles. The summed E-state index contributed by atoms with van der Waals surface area (Å²) >= 11 is 0. The molecule has 22 heavy (non-hydrogen) atoms. The van der Waals surface area contributed by atoms with Gasteiger partial charge in [0.05, 0.1) is 18.1 Å². The molecule has 1 amide bonds. The summed E-state index contributed by atoms with van der Waals surface area (Å²) in [6.45, 7) is 3.13. The largest absolute Gasteiger partial charge is 0.436 e. The second-order valence-corrected chi connectivity index (χ2v) is 5.38. The fourth-order valence-corrected chi connectivity index (χ4v) is 2.64. The number of likely N-dealkylation sites (tertiary alicyclic amines) is 1. The maximum atomic E-state index is 11.5. The van der Waals surface area contributed by atoms with E-state index in [1.807, 2.05) is 11.0 Å². The molecule has 0 aromatic carbocycles. The average molecular weight is 298 g/mol. The first-order valence-corrected chi connectivity index (χ1v) is 7.37. The van der Waals surface area contributed by atoms with Gasteiger partial charge in [-0.1, -0.05) is 0 Å². The molecule has 0 N–H and O–H groups in total. The van der Waals surface area contributed by atoms with E-state index in [1.54, 1.807) is 37.8 Å². The van der Waals surface area contributed by atoms with Gasteiger partial charge in [0.1, 0.15) is 5.75 Å². The van der Waals surface area contributed by atoms with Crippen LogP contribution in [0.25, 0.3) is 0 Å². The van der Waals surface area contributed by atoms with E-state index >= 15 is 0 Å². The Morgan fingerprint density at radius 2 is 2.23 bits per heavy atom. The normalized spacial score (nSPS) is 18.0. The predicted octanol–water partition coefficient (Wildman–Crippen LogP) is 2.39. The number of hydrogen-bond donors (Lipinski definition) is 0. The van der Waals surface area contributed by atoms with E-state index in [-0.39, 0.29) is 11.8 Å². The van der Waals surface area contributed by atoms with Gasteiger partial charge in [0.2, 0.25) is 11.8 Å². The maximum absolute atomic E-state index is 11.5. The number of rotatable bonds is 3. The minimum atomic E-state index is 0.112. The van der Waals surface area contributed by atoms with Crippen LogP contribution in [0.4, 0.5) is 0 Å². The summed E-state index contributed by atoms with van der Waals surface area (Å²) in [5.41, 5.74) is 0.868. The molecule has 6 heteroatoms. The van der Waals surface area contributed by atoms with Gasteiger partial charge >= 0.3 is 0 Å². The number of carbonyl (C=O) groups is 1. The Bertz CT molecular complexity index is 648. The molecule has 0 unspecified atom stereocenters. The van der Waals surface area contributed by atoms with Crippen LogP contribution < -0.4 is 4.74 Å². The van der Waals surface area contributed by atoms with Gasteiger partial charge in [-0.3, -0.25) is 14.8 Å². The molecule has 0 spiro atoms. The van der Waals surface area contributed by atoms with Crippen LogP contribution in [0.1, 0.15) is 31.4 Å². The smallest absolute Gasteiger partial charge is 0.238 e. The zero-order chi connectivity index (χ0) is 15.4. The molecule has 3 heterocycles. The third kappa shape index (κ3) is 3.39. The lowest BCUT2D eigenvalue weighted by Gasteiger charge is -2.31. The Morgan fingerprint density at radius 1 is 1.32 bits per heavy atom. The Morgan fingerprint density at radius 3 is 3.00 bits per heavy atom. The number of aromatic nitrogens is 3. The van der Waals surface area contributed by atoms with Crippen molar-refractivity contribution in [3.63, 3.8) is 0 Å². The van der Waals surface area contributed by atoms with Crippen LogP contribution in [0.2, 0.25) is 0 Å². The molecule has 114 valence electrons. The zero-order valence-corrected chi connectivity index (χ0v) is 12.5. The SMILES string of the molecule is CC(=O)N1CCC[C@@H](c2cncc(Oc3cccnc3)n2)C1. The first-order chi connectivity index (χ1) is 10.7. The van der Waals surface area contributed by atoms with Gasteiger partial charge in [-0.15, -0.1) is 0 Å². The number of nitrogens with zero attached hydrogens (tertiary/aromatic N) is 4. The van der Waals surface area contributed by atoms with E-state index < -0.39 is 0 Å². The fraction of sp³-hybridized carbons (Fsp3) is 0.375. The average Bonchev–Trinajstić information content (AvgIpc) is 2.56. The van der Waals surface area contributed by atoms with Crippen LogP contribution in [0.15, 0.2) is 36.9 Å².